The fraction of sp³-hybridized carbons (Fsp3) is 0.0455. The topological polar surface area (TPSA) is 29.5 Å². The van der Waals surface area contributed by atoms with Gasteiger partial charge in [0, 0.05) is 66.4 Å². The van der Waals surface area contributed by atoms with Gasteiger partial charge in [-0.1, -0.05) is 251 Å². The fourth-order valence-corrected chi connectivity index (χ4v) is 14.4. The first-order valence-electron chi connectivity index (χ1n) is 41.5. The van der Waals surface area contributed by atoms with Crippen LogP contribution >= 0.6 is 0 Å². The maximum atomic E-state index is 9.71. The van der Waals surface area contributed by atoms with Crippen LogP contribution in [0.25, 0.3) is 121 Å². The molecule has 0 fully saturated rings. The summed E-state index contributed by atoms with van der Waals surface area (Å²) < 4.78 is 204. The number of para-hydroxylation sites is 6. The van der Waals surface area contributed by atoms with E-state index in [0.717, 1.165) is 38.8 Å². The molecule has 19 rings (SSSR count). The summed E-state index contributed by atoms with van der Waals surface area (Å²) in [5.41, 5.74) is 11.5. The summed E-state index contributed by atoms with van der Waals surface area (Å²) in [5, 5.41) is 0.588. The number of aromatic nitrogens is 2. The van der Waals surface area contributed by atoms with Crippen molar-refractivity contribution in [3.63, 3.8) is 0 Å². The summed E-state index contributed by atoms with van der Waals surface area (Å²) in [7, 11) is 0. The minimum atomic E-state index is -0.810. The van der Waals surface area contributed by atoms with Gasteiger partial charge >= 0.3 is 0 Å². The molecule has 14 aromatic carbocycles. The highest BCUT2D eigenvalue weighted by molar-refractivity contribution is 7.00. The average molecular weight is 1220 g/mol. The number of rotatable bonds is 8. The molecule has 5 nitrogen and oxygen atoms in total. The van der Waals surface area contributed by atoms with Gasteiger partial charge in [0.1, 0.15) is 0 Å². The van der Waals surface area contributed by atoms with Gasteiger partial charge in [-0.05, 0) is 157 Å². The van der Waals surface area contributed by atoms with Gasteiger partial charge in [-0.2, -0.15) is 0 Å². The quantitative estimate of drug-likeness (QED) is 0.142. The number of hydrogen-bond donors (Lipinski definition) is 0. The molecule has 94 heavy (non-hydrogen) atoms. The second kappa shape index (κ2) is 20.8. The highest BCUT2D eigenvalue weighted by Crippen LogP contribution is 2.51. The van der Waals surface area contributed by atoms with Crippen LogP contribution in [0.4, 0.5) is 34.1 Å². The zero-order valence-corrected chi connectivity index (χ0v) is 50.7. The van der Waals surface area contributed by atoms with Gasteiger partial charge in [0.2, 0.25) is 0 Å². The molecule has 0 aliphatic carbocycles. The van der Waals surface area contributed by atoms with E-state index < -0.39 is 134 Å². The molecule has 0 radical (unpaired) electrons. The third kappa shape index (κ3) is 8.29. The minimum absolute atomic E-state index is 0.0852. The second-order valence-electron chi connectivity index (χ2n) is 24.9. The van der Waals surface area contributed by atoms with Crippen molar-refractivity contribution < 1.29 is 33.2 Å². The van der Waals surface area contributed by atoms with Crippen molar-refractivity contribution in [3.8, 4) is 55.9 Å². The van der Waals surface area contributed by atoms with E-state index in [4.69, 9.17) is 19.5 Å². The van der Waals surface area contributed by atoms with E-state index in [1.54, 1.807) is 30.3 Å². The molecule has 0 atom stereocenters. The molecule has 2 aliphatic heterocycles. The molecule has 442 valence electrons. The second-order valence-corrected chi connectivity index (χ2v) is 24.9. The van der Waals surface area contributed by atoms with E-state index in [1.807, 2.05) is 120 Å². The molecular weight excluding hydrogens is 1140 g/mol. The van der Waals surface area contributed by atoms with Crippen LogP contribution in [0.2, 0.25) is 0 Å². The van der Waals surface area contributed by atoms with Crippen LogP contribution in [0, 0.1) is 0 Å². The smallest absolute Gasteiger partial charge is 0.252 e. The lowest BCUT2D eigenvalue weighted by atomic mass is 9.33. The first kappa shape index (κ1) is 36.9. The van der Waals surface area contributed by atoms with E-state index >= 15 is 0 Å². The zero-order valence-electron chi connectivity index (χ0n) is 71.7. The van der Waals surface area contributed by atoms with E-state index in [1.165, 1.54) is 9.13 Å². The van der Waals surface area contributed by atoms with Crippen molar-refractivity contribution in [1.82, 2.24) is 9.13 Å². The molecule has 17 aromatic rings. The number of anilines is 6. The number of furan rings is 1. The number of hydrogen-bond acceptors (Lipinski definition) is 3. The molecule has 0 amide bonds. The van der Waals surface area contributed by atoms with Crippen molar-refractivity contribution in [1.29, 1.82) is 0 Å². The first-order chi connectivity index (χ1) is 55.0. The van der Waals surface area contributed by atoms with E-state index in [-0.39, 0.29) is 82.7 Å². The van der Waals surface area contributed by atoms with Crippen LogP contribution in [-0.4, -0.2) is 15.8 Å². The van der Waals surface area contributed by atoms with Crippen LogP contribution in [0.15, 0.2) is 319 Å². The lowest BCUT2D eigenvalue weighted by molar-refractivity contribution is 0.590. The highest BCUT2D eigenvalue weighted by Gasteiger charge is 2.45. The van der Waals surface area contributed by atoms with Crippen molar-refractivity contribution in [2.45, 2.75) is 26.2 Å². The maximum absolute atomic E-state index is 9.71. The largest absolute Gasteiger partial charge is 0.452 e. The number of fused-ring (bicyclic) bond motifs is 13. The lowest BCUT2D eigenvalue weighted by Gasteiger charge is -2.44. The first-order valence-corrected chi connectivity index (χ1v) is 31.0. The summed E-state index contributed by atoms with van der Waals surface area (Å²) in [6, 6.07) is 49.2. The average Bonchev–Trinajstić information content (AvgIpc) is 1.57. The summed E-state index contributed by atoms with van der Waals surface area (Å²) in [5.74, 6) is 0. The summed E-state index contributed by atoms with van der Waals surface area (Å²) in [6.45, 7) is 5.58. The van der Waals surface area contributed by atoms with E-state index in [2.05, 4.69) is 68.1 Å². The molecular formula is C88H61BN4O. The molecule has 0 bridgehead atoms. The lowest BCUT2D eigenvalue weighted by Crippen LogP contribution is -2.61. The van der Waals surface area contributed by atoms with Gasteiger partial charge in [-0.25, -0.2) is 0 Å². The van der Waals surface area contributed by atoms with Crippen molar-refractivity contribution in [2.24, 2.45) is 0 Å². The van der Waals surface area contributed by atoms with Crippen LogP contribution < -0.4 is 26.2 Å². The molecule has 5 heterocycles. The van der Waals surface area contributed by atoms with Gasteiger partial charge < -0.3 is 23.4 Å². The molecule has 0 saturated carbocycles. The zero-order chi connectivity index (χ0) is 80.6. The molecule has 2 aliphatic rings. The van der Waals surface area contributed by atoms with Gasteiger partial charge in [0.25, 0.3) is 6.71 Å². The Kier molecular flexibility index (Phi) is 8.17. The van der Waals surface area contributed by atoms with E-state index in [9.17, 15) is 13.7 Å². The fourth-order valence-electron chi connectivity index (χ4n) is 14.4. The standard InChI is InChI=1S/C88H61BN4O/c1-88(2,3)64-31-21-30-59(49-64)63-53-83-85-84(54-63)93(80-43-23-37-72-71-36-22-42-79(86(71)94-87(72)80)92-77-40-19-15-34-69(77)70-35-16-20-41-78(70)92)81-52-60(56-24-7-4-8-25-56)44-46-73(81)89(85)74-47-45-65(90-75-38-17-13-32-67(75)68-33-14-18-39-76(68)90)55-82(74)91(83)66-50-61(57-26-9-5-10-27-57)48-62(51-66)58-28-11-6-12-29-58/h4-55H,1-3H3/i4D,7D,8D,13D,14D,15D,16D,17D,18D,19D,20D,24D,25D,32D,33D,34D,35D,38D,39D,40D,41D. The Labute approximate surface area is 575 Å². The van der Waals surface area contributed by atoms with Crippen LogP contribution in [0.1, 0.15) is 55.1 Å². The van der Waals surface area contributed by atoms with Crippen LogP contribution in [-0.2, 0) is 5.41 Å². The molecule has 3 aromatic heterocycles. The summed E-state index contributed by atoms with van der Waals surface area (Å²) in [4.78, 5) is 4.21. The van der Waals surface area contributed by atoms with Gasteiger partial charge in [0.15, 0.2) is 11.2 Å². The van der Waals surface area contributed by atoms with Crippen molar-refractivity contribution >= 4 is 123 Å². The molecule has 0 saturated heterocycles. The normalized spacial score (nSPS) is 15.9. The molecule has 6 heteroatoms. The Hall–Kier alpha value is -11.9. The third-order valence-electron chi connectivity index (χ3n) is 18.6. The maximum Gasteiger partial charge on any atom is 0.252 e. The predicted octanol–water partition coefficient (Wildman–Crippen LogP) is 21.8. The Morgan fingerprint density at radius 3 is 1.37 bits per heavy atom. The Morgan fingerprint density at radius 2 is 0.777 bits per heavy atom. The number of benzene rings is 14. The Bertz CT molecular complexity index is 7020. The summed E-state index contributed by atoms with van der Waals surface area (Å²) in [6.07, 6.45) is 0. The Balaban J connectivity index is 0.978. The monoisotopic (exact) mass is 1220 g/mol. The van der Waals surface area contributed by atoms with Crippen molar-refractivity contribution in [2.75, 3.05) is 9.80 Å². The number of nitrogens with zero attached hydrogens (tertiary/aromatic N) is 4. The SMILES string of the molecule is [2H]c1c([2H])c([2H])c(-c2ccc3c(c2)N(c2cccc4c2oc2c(-n5c6c([2H])c([2H])c([2H])c([2H])c6c6c([2H])c([2H])c([2H])c([2H])c65)cccc24)c2cc(-c4cccc(C(C)(C)C)c4)cc4c2B3c2ccc(-n3c5c([2H])c([2H])c([2H])c([2H])c5c5c([2H])c([2H])c([2H])c([2H])c53)cc2N4c2cc(-c3ccccc3)cc(-c3ccccc3)c2)c([2H])c1[2H]. The minimum Gasteiger partial charge on any atom is -0.452 e. The predicted molar refractivity (Wildman–Crippen MR) is 397 cm³/mol. The van der Waals surface area contributed by atoms with Crippen LogP contribution in [0.3, 0.4) is 0 Å². The van der Waals surface area contributed by atoms with Crippen molar-refractivity contribution in [3.05, 3.63) is 321 Å². The molecule has 0 unspecified atom stereocenters. The Morgan fingerprint density at radius 1 is 0.309 bits per heavy atom. The van der Waals surface area contributed by atoms with Gasteiger partial charge in [-0.15, -0.1) is 0 Å². The molecule has 0 N–H and O–H groups in total. The highest BCUT2D eigenvalue weighted by atomic mass is 16.3. The van der Waals surface area contributed by atoms with Gasteiger partial charge in [0.05, 0.1) is 62.2 Å². The van der Waals surface area contributed by atoms with E-state index in [0.29, 0.717) is 61.4 Å². The molecule has 0 spiro atoms. The summed E-state index contributed by atoms with van der Waals surface area (Å²) >= 11 is 0. The third-order valence-corrected chi connectivity index (χ3v) is 18.6. The van der Waals surface area contributed by atoms with Crippen LogP contribution in [0.5, 0.6) is 0 Å². The van der Waals surface area contributed by atoms with Gasteiger partial charge in [-0.3, -0.25) is 0 Å².